The van der Waals surface area contributed by atoms with Crippen molar-refractivity contribution in [3.8, 4) is 5.75 Å². The lowest BCUT2D eigenvalue weighted by Gasteiger charge is -2.36. The summed E-state index contributed by atoms with van der Waals surface area (Å²) in [5, 5.41) is 0. The Morgan fingerprint density at radius 1 is 1.05 bits per heavy atom. The van der Waals surface area contributed by atoms with Gasteiger partial charge in [-0.15, -0.1) is 0 Å². The topological polar surface area (TPSA) is 44.8 Å². The number of methoxy groups -OCH3 is 1. The van der Waals surface area contributed by atoms with Gasteiger partial charge in [0.2, 0.25) is 0 Å². The van der Waals surface area contributed by atoms with Gasteiger partial charge in [-0.3, -0.25) is 4.89 Å². The second-order valence-electron chi connectivity index (χ2n) is 7.04. The van der Waals surface area contributed by atoms with Gasteiger partial charge in [-0.05, 0) is 61.3 Å². The summed E-state index contributed by atoms with van der Waals surface area (Å²) in [5.41, 5.74) is 0.800. The highest BCUT2D eigenvalue weighted by Crippen LogP contribution is 2.38. The van der Waals surface area contributed by atoms with Crippen molar-refractivity contribution in [1.29, 1.82) is 0 Å². The van der Waals surface area contributed by atoms with Crippen molar-refractivity contribution in [2.24, 2.45) is 11.3 Å². The molecule has 1 saturated carbocycles. The van der Waals surface area contributed by atoms with Crippen LogP contribution in [0.25, 0.3) is 0 Å². The Balaban J connectivity index is 1.77. The lowest BCUT2D eigenvalue weighted by atomic mass is 9.72. The second-order valence-corrected chi connectivity index (χ2v) is 7.04. The molecule has 0 amide bonds. The largest absolute Gasteiger partial charge is 0.497 e. The van der Waals surface area contributed by atoms with Crippen molar-refractivity contribution in [3.05, 3.63) is 29.8 Å². The minimum absolute atomic E-state index is 0.0146. The molecule has 4 nitrogen and oxygen atoms in total. The molecule has 0 radical (unpaired) electrons. The van der Waals surface area contributed by atoms with Crippen LogP contribution in [0.15, 0.2) is 24.3 Å². The van der Waals surface area contributed by atoms with Gasteiger partial charge in [-0.1, -0.05) is 20.8 Å². The van der Waals surface area contributed by atoms with Crippen LogP contribution in [-0.4, -0.2) is 19.2 Å². The van der Waals surface area contributed by atoms with Crippen molar-refractivity contribution in [1.82, 2.24) is 0 Å². The molecule has 4 heteroatoms. The Morgan fingerprint density at radius 3 is 2.14 bits per heavy atom. The van der Waals surface area contributed by atoms with Crippen LogP contribution in [0.2, 0.25) is 0 Å². The number of ether oxygens (including phenoxy) is 1. The van der Waals surface area contributed by atoms with E-state index in [0.29, 0.717) is 22.6 Å². The predicted molar refractivity (Wildman–Crippen MR) is 84.7 cm³/mol. The van der Waals surface area contributed by atoms with E-state index in [1.54, 1.807) is 31.4 Å². The van der Waals surface area contributed by atoms with Crippen LogP contribution in [-0.2, 0) is 9.78 Å². The third-order valence-corrected chi connectivity index (χ3v) is 4.48. The van der Waals surface area contributed by atoms with Gasteiger partial charge in [-0.2, -0.15) is 4.89 Å². The fourth-order valence-corrected chi connectivity index (χ4v) is 2.91. The summed E-state index contributed by atoms with van der Waals surface area (Å²) >= 11 is 0. The average Bonchev–Trinajstić information content (AvgIpc) is 2.52. The summed E-state index contributed by atoms with van der Waals surface area (Å²) < 4.78 is 5.06. The van der Waals surface area contributed by atoms with Crippen molar-refractivity contribution in [2.75, 3.05) is 7.11 Å². The maximum Gasteiger partial charge on any atom is 0.373 e. The van der Waals surface area contributed by atoms with Crippen LogP contribution in [0.5, 0.6) is 5.75 Å². The molecular weight excluding hydrogens is 280 g/mol. The minimum Gasteiger partial charge on any atom is -0.497 e. The fraction of sp³-hybridized carbons (Fsp3) is 0.611. The van der Waals surface area contributed by atoms with E-state index in [1.165, 1.54) is 0 Å². The van der Waals surface area contributed by atoms with Gasteiger partial charge in [0.15, 0.2) is 0 Å². The number of benzene rings is 1. The van der Waals surface area contributed by atoms with Gasteiger partial charge in [0.25, 0.3) is 0 Å². The first kappa shape index (κ1) is 16.8. The molecule has 0 heterocycles. The molecule has 1 aliphatic carbocycles. The molecule has 0 N–H and O–H groups in total. The van der Waals surface area contributed by atoms with Crippen molar-refractivity contribution < 1.29 is 19.3 Å². The van der Waals surface area contributed by atoms with Crippen LogP contribution in [0, 0.1) is 11.3 Å². The number of hydrogen-bond acceptors (Lipinski definition) is 4. The summed E-state index contributed by atoms with van der Waals surface area (Å²) in [7, 11) is 1.59. The first-order chi connectivity index (χ1) is 10.4. The Bertz CT molecular complexity index is 479. The van der Waals surface area contributed by atoms with Gasteiger partial charge in [0.05, 0.1) is 12.7 Å². The molecule has 0 bridgehead atoms. The lowest BCUT2D eigenvalue weighted by Crippen LogP contribution is -2.29. The number of hydrogen-bond donors (Lipinski definition) is 0. The summed E-state index contributed by atoms with van der Waals surface area (Å²) in [6.07, 6.45) is 4.14. The van der Waals surface area contributed by atoms with E-state index in [-0.39, 0.29) is 6.10 Å². The molecule has 0 atom stereocenters. The van der Waals surface area contributed by atoms with Crippen LogP contribution < -0.4 is 4.74 Å². The Morgan fingerprint density at radius 2 is 1.64 bits per heavy atom. The van der Waals surface area contributed by atoms with Gasteiger partial charge >= 0.3 is 5.97 Å². The molecule has 2 rings (SSSR count). The summed E-state index contributed by atoms with van der Waals surface area (Å²) in [4.78, 5) is 22.2. The molecule has 0 spiro atoms. The predicted octanol–water partition coefficient (Wildman–Crippen LogP) is 4.39. The molecule has 0 unspecified atom stereocenters. The maximum atomic E-state index is 11.9. The first-order valence-corrected chi connectivity index (χ1v) is 7.92. The number of carbonyl (C=O) groups is 1. The summed E-state index contributed by atoms with van der Waals surface area (Å²) in [6, 6.07) is 6.79. The number of rotatable bonds is 4. The smallest absolute Gasteiger partial charge is 0.373 e. The van der Waals surface area contributed by atoms with Crippen molar-refractivity contribution in [2.45, 2.75) is 52.6 Å². The average molecular weight is 306 g/mol. The number of carbonyl (C=O) groups excluding carboxylic acids is 1. The first-order valence-electron chi connectivity index (χ1n) is 7.92. The zero-order chi connectivity index (χ0) is 16.2. The highest BCUT2D eigenvalue weighted by Gasteiger charge is 2.30. The molecule has 1 aromatic carbocycles. The highest BCUT2D eigenvalue weighted by atomic mass is 17.2. The highest BCUT2D eigenvalue weighted by molar-refractivity contribution is 5.89. The second kappa shape index (κ2) is 7.14. The standard InChI is InChI=1S/C18H26O4/c1-18(2,3)14-7-11-16(12-8-14)21-22-17(19)13-5-9-15(20-4)10-6-13/h5-6,9-10,14,16H,7-8,11-12H2,1-4H3. The molecule has 122 valence electrons. The van der Waals surface area contributed by atoms with Crippen molar-refractivity contribution >= 4 is 5.97 Å². The maximum absolute atomic E-state index is 11.9. The minimum atomic E-state index is -0.458. The van der Waals surface area contributed by atoms with Crippen LogP contribution in [0.1, 0.15) is 56.8 Å². The molecule has 0 aromatic heterocycles. The lowest BCUT2D eigenvalue weighted by molar-refractivity contribution is -0.281. The fourth-order valence-electron chi connectivity index (χ4n) is 2.91. The Labute approximate surface area is 132 Å². The zero-order valence-electron chi connectivity index (χ0n) is 13.9. The van der Waals surface area contributed by atoms with Crippen LogP contribution in [0.4, 0.5) is 0 Å². The van der Waals surface area contributed by atoms with E-state index < -0.39 is 5.97 Å². The molecule has 1 aromatic rings. The van der Waals surface area contributed by atoms with E-state index in [9.17, 15) is 4.79 Å². The molecular formula is C18H26O4. The van der Waals surface area contributed by atoms with Crippen LogP contribution >= 0.6 is 0 Å². The Kier molecular flexibility index (Phi) is 5.46. The van der Waals surface area contributed by atoms with Crippen molar-refractivity contribution in [3.63, 3.8) is 0 Å². The molecule has 0 aliphatic heterocycles. The van der Waals surface area contributed by atoms with Gasteiger partial charge in [-0.25, -0.2) is 4.79 Å². The van der Waals surface area contributed by atoms with E-state index in [0.717, 1.165) is 25.7 Å². The normalized spacial score (nSPS) is 22.2. The van der Waals surface area contributed by atoms with E-state index >= 15 is 0 Å². The van der Waals surface area contributed by atoms with Gasteiger partial charge < -0.3 is 4.74 Å². The third kappa shape index (κ3) is 4.47. The van der Waals surface area contributed by atoms with E-state index in [4.69, 9.17) is 14.5 Å². The summed E-state index contributed by atoms with van der Waals surface area (Å²) in [5.74, 6) is 0.961. The third-order valence-electron chi connectivity index (χ3n) is 4.48. The van der Waals surface area contributed by atoms with E-state index in [2.05, 4.69) is 20.8 Å². The summed E-state index contributed by atoms with van der Waals surface area (Å²) in [6.45, 7) is 6.84. The van der Waals surface area contributed by atoms with E-state index in [1.807, 2.05) is 0 Å². The quantitative estimate of drug-likeness (QED) is 0.611. The van der Waals surface area contributed by atoms with Gasteiger partial charge in [0, 0.05) is 0 Å². The Hall–Kier alpha value is -1.55. The molecule has 1 fully saturated rings. The monoisotopic (exact) mass is 306 g/mol. The zero-order valence-corrected chi connectivity index (χ0v) is 13.9. The molecule has 22 heavy (non-hydrogen) atoms. The molecule has 1 aliphatic rings. The SMILES string of the molecule is COc1ccc(C(=O)OOC2CCC(C(C)(C)C)CC2)cc1. The van der Waals surface area contributed by atoms with Gasteiger partial charge in [0.1, 0.15) is 11.9 Å². The van der Waals surface area contributed by atoms with Crippen LogP contribution in [0.3, 0.4) is 0 Å². The molecule has 0 saturated heterocycles.